The lowest BCUT2D eigenvalue weighted by Gasteiger charge is -2.29. The zero-order valence-corrected chi connectivity index (χ0v) is 11.2. The highest BCUT2D eigenvalue weighted by Crippen LogP contribution is 2.36. The minimum absolute atomic E-state index is 0.193. The van der Waals surface area contributed by atoms with E-state index in [4.69, 9.17) is 10.5 Å². The number of rotatable bonds is 1. The van der Waals surface area contributed by atoms with Crippen LogP contribution in [0, 0.1) is 17.8 Å². The van der Waals surface area contributed by atoms with Crippen LogP contribution in [0.15, 0.2) is 0 Å². The van der Waals surface area contributed by atoms with Gasteiger partial charge >= 0.3 is 0 Å². The van der Waals surface area contributed by atoms with E-state index in [0.29, 0.717) is 23.8 Å². The Balaban J connectivity index is 1.66. The lowest BCUT2D eigenvalue weighted by molar-refractivity contribution is -0.141. The van der Waals surface area contributed by atoms with Crippen LogP contribution in [-0.2, 0) is 9.53 Å². The molecule has 4 nitrogen and oxygen atoms in total. The molecular formula is C14H24N2O2. The van der Waals surface area contributed by atoms with Gasteiger partial charge in [0.05, 0.1) is 0 Å². The van der Waals surface area contributed by atoms with Crippen LogP contribution in [0.1, 0.15) is 32.6 Å². The summed E-state index contributed by atoms with van der Waals surface area (Å²) >= 11 is 0. The summed E-state index contributed by atoms with van der Waals surface area (Å²) in [7, 11) is 0. The van der Waals surface area contributed by atoms with Gasteiger partial charge in [0.1, 0.15) is 6.10 Å². The first kappa shape index (κ1) is 12.4. The molecule has 102 valence electrons. The quantitative estimate of drug-likeness (QED) is 0.757. The molecule has 1 aliphatic carbocycles. The minimum Gasteiger partial charge on any atom is -0.368 e. The molecule has 3 rings (SSSR count). The molecule has 0 aromatic carbocycles. The highest BCUT2D eigenvalue weighted by atomic mass is 16.5. The molecule has 0 spiro atoms. The number of ether oxygens (including phenoxy) is 1. The van der Waals surface area contributed by atoms with E-state index >= 15 is 0 Å². The number of amides is 1. The van der Waals surface area contributed by atoms with Gasteiger partial charge in [-0.05, 0) is 37.0 Å². The minimum atomic E-state index is -0.193. The smallest absolute Gasteiger partial charge is 0.251 e. The van der Waals surface area contributed by atoms with E-state index in [0.717, 1.165) is 32.5 Å². The predicted octanol–water partition coefficient (Wildman–Crippen LogP) is 0.997. The average Bonchev–Trinajstić information content (AvgIpc) is 2.95. The van der Waals surface area contributed by atoms with Gasteiger partial charge < -0.3 is 15.4 Å². The monoisotopic (exact) mass is 252 g/mol. The second kappa shape index (κ2) is 4.82. The second-order valence-corrected chi connectivity index (χ2v) is 6.32. The van der Waals surface area contributed by atoms with Crippen LogP contribution < -0.4 is 5.73 Å². The number of likely N-dealkylation sites (tertiary alicyclic amines) is 1. The van der Waals surface area contributed by atoms with Crippen LogP contribution in [0.25, 0.3) is 0 Å². The van der Waals surface area contributed by atoms with Crippen molar-refractivity contribution in [2.45, 2.75) is 44.8 Å². The molecule has 3 aliphatic rings. The Hall–Kier alpha value is -0.610. The molecule has 4 heteroatoms. The maximum Gasteiger partial charge on any atom is 0.251 e. The van der Waals surface area contributed by atoms with Crippen LogP contribution >= 0.6 is 0 Å². The van der Waals surface area contributed by atoms with Crippen LogP contribution in [-0.4, -0.2) is 42.6 Å². The van der Waals surface area contributed by atoms with Crippen molar-refractivity contribution in [1.82, 2.24) is 4.90 Å². The summed E-state index contributed by atoms with van der Waals surface area (Å²) in [6.07, 6.45) is 4.40. The van der Waals surface area contributed by atoms with Crippen molar-refractivity contribution in [3.63, 3.8) is 0 Å². The molecule has 2 heterocycles. The number of carbonyl (C=O) groups is 1. The molecule has 1 amide bonds. The summed E-state index contributed by atoms with van der Waals surface area (Å²) < 4.78 is 5.60. The van der Waals surface area contributed by atoms with Gasteiger partial charge in [0.25, 0.3) is 5.91 Å². The zero-order valence-electron chi connectivity index (χ0n) is 11.2. The molecule has 0 radical (unpaired) electrons. The second-order valence-electron chi connectivity index (χ2n) is 6.32. The molecule has 18 heavy (non-hydrogen) atoms. The number of nitrogens with two attached hydrogens (primary N) is 1. The third-order valence-electron chi connectivity index (χ3n) is 5.10. The van der Waals surface area contributed by atoms with Crippen LogP contribution in [0.3, 0.4) is 0 Å². The largest absolute Gasteiger partial charge is 0.368 e. The van der Waals surface area contributed by atoms with Crippen molar-refractivity contribution in [3.8, 4) is 0 Å². The van der Waals surface area contributed by atoms with Crippen molar-refractivity contribution in [3.05, 3.63) is 0 Å². The normalized spacial score (nSPS) is 44.1. The Bertz CT molecular complexity index is 334. The van der Waals surface area contributed by atoms with E-state index in [-0.39, 0.29) is 12.0 Å². The first-order chi connectivity index (χ1) is 8.66. The number of nitrogens with zero attached hydrogens (tertiary/aromatic N) is 1. The third kappa shape index (κ3) is 2.05. The molecule has 5 unspecified atom stereocenters. The number of fused-ring (bicyclic) bond motifs is 1. The van der Waals surface area contributed by atoms with E-state index in [1.807, 2.05) is 4.90 Å². The van der Waals surface area contributed by atoms with Gasteiger partial charge in [0.2, 0.25) is 0 Å². The fraction of sp³-hybridized carbons (Fsp3) is 0.929. The van der Waals surface area contributed by atoms with E-state index in [9.17, 15) is 4.79 Å². The lowest BCUT2D eigenvalue weighted by Crippen LogP contribution is -2.41. The van der Waals surface area contributed by atoms with Gasteiger partial charge in [0, 0.05) is 25.7 Å². The van der Waals surface area contributed by atoms with E-state index < -0.39 is 0 Å². The van der Waals surface area contributed by atoms with E-state index in [1.165, 1.54) is 12.8 Å². The lowest BCUT2D eigenvalue weighted by atomic mass is 9.78. The van der Waals surface area contributed by atoms with E-state index in [1.54, 1.807) is 0 Å². The molecule has 2 N–H and O–H groups in total. The Morgan fingerprint density at radius 3 is 2.78 bits per heavy atom. The molecule has 3 fully saturated rings. The van der Waals surface area contributed by atoms with Crippen LogP contribution in [0.5, 0.6) is 0 Å². The van der Waals surface area contributed by atoms with Gasteiger partial charge in [-0.2, -0.15) is 0 Å². The standard InChI is InChI=1S/C14H24N2O2/c1-9-5-6-18-13(9)14(17)16-7-10-3-2-4-12(15)11(10)8-16/h9-13H,2-8,15H2,1H3. The molecule has 5 atom stereocenters. The number of carbonyl (C=O) groups excluding carboxylic acids is 1. The highest BCUT2D eigenvalue weighted by Gasteiger charge is 2.43. The van der Waals surface area contributed by atoms with Gasteiger partial charge in [-0.25, -0.2) is 0 Å². The van der Waals surface area contributed by atoms with Gasteiger partial charge in [-0.3, -0.25) is 4.79 Å². The SMILES string of the molecule is CC1CCOC1C(=O)N1CC2CCCC(N)C2C1. The summed E-state index contributed by atoms with van der Waals surface area (Å²) in [5.41, 5.74) is 6.19. The topological polar surface area (TPSA) is 55.6 Å². The Morgan fingerprint density at radius 2 is 2.11 bits per heavy atom. The van der Waals surface area contributed by atoms with Crippen molar-refractivity contribution in [2.24, 2.45) is 23.5 Å². The maximum absolute atomic E-state index is 12.5. The van der Waals surface area contributed by atoms with Crippen LogP contribution in [0.4, 0.5) is 0 Å². The van der Waals surface area contributed by atoms with E-state index in [2.05, 4.69) is 6.92 Å². The number of hydrogen-bond donors (Lipinski definition) is 1. The van der Waals surface area contributed by atoms with Gasteiger partial charge in [-0.15, -0.1) is 0 Å². The molecule has 1 saturated carbocycles. The summed E-state index contributed by atoms with van der Waals surface area (Å²) in [4.78, 5) is 14.5. The molecule has 2 saturated heterocycles. The fourth-order valence-corrected chi connectivity index (χ4v) is 3.89. The summed E-state index contributed by atoms with van der Waals surface area (Å²) in [6, 6.07) is 0.295. The van der Waals surface area contributed by atoms with Gasteiger partial charge in [0.15, 0.2) is 0 Å². The third-order valence-corrected chi connectivity index (χ3v) is 5.10. The predicted molar refractivity (Wildman–Crippen MR) is 68.9 cm³/mol. The number of hydrogen-bond acceptors (Lipinski definition) is 3. The Morgan fingerprint density at radius 1 is 1.28 bits per heavy atom. The van der Waals surface area contributed by atoms with Crippen molar-refractivity contribution in [2.75, 3.05) is 19.7 Å². The summed E-state index contributed by atoms with van der Waals surface area (Å²) in [6.45, 7) is 4.61. The van der Waals surface area contributed by atoms with Crippen molar-refractivity contribution in [1.29, 1.82) is 0 Å². The zero-order chi connectivity index (χ0) is 12.7. The molecule has 0 bridgehead atoms. The van der Waals surface area contributed by atoms with Crippen LogP contribution in [0.2, 0.25) is 0 Å². The Labute approximate surface area is 109 Å². The molecule has 0 aromatic rings. The highest BCUT2D eigenvalue weighted by molar-refractivity contribution is 5.81. The summed E-state index contributed by atoms with van der Waals surface area (Å²) in [5, 5.41) is 0. The molecule has 0 aromatic heterocycles. The van der Waals surface area contributed by atoms with Crippen molar-refractivity contribution >= 4 is 5.91 Å². The molecule has 2 aliphatic heterocycles. The maximum atomic E-state index is 12.5. The fourth-order valence-electron chi connectivity index (χ4n) is 3.89. The Kier molecular flexibility index (Phi) is 3.32. The molecular weight excluding hydrogens is 228 g/mol. The first-order valence-electron chi connectivity index (χ1n) is 7.33. The van der Waals surface area contributed by atoms with Gasteiger partial charge in [-0.1, -0.05) is 13.3 Å². The first-order valence-corrected chi connectivity index (χ1v) is 7.33. The summed E-state index contributed by atoms with van der Waals surface area (Å²) in [5.74, 6) is 1.74. The average molecular weight is 252 g/mol. The van der Waals surface area contributed by atoms with Crippen molar-refractivity contribution < 1.29 is 9.53 Å².